The molecule has 0 saturated carbocycles. The van der Waals surface area contributed by atoms with E-state index in [9.17, 15) is 0 Å². The Balaban J connectivity index is 1.76. The van der Waals surface area contributed by atoms with Crippen LogP contribution in [0.4, 0.5) is 0 Å². The van der Waals surface area contributed by atoms with Crippen molar-refractivity contribution in [2.24, 2.45) is 0 Å². The van der Waals surface area contributed by atoms with E-state index in [4.69, 9.17) is 0 Å². The van der Waals surface area contributed by atoms with Gasteiger partial charge in [-0.05, 0) is 44.3 Å². The van der Waals surface area contributed by atoms with Gasteiger partial charge in [-0.1, -0.05) is 43.2 Å². The molecular formula is C17H26N2. The fourth-order valence-corrected chi connectivity index (χ4v) is 3.80. The Kier molecular flexibility index (Phi) is 4.19. The van der Waals surface area contributed by atoms with Crippen molar-refractivity contribution in [3.8, 4) is 0 Å². The molecule has 0 radical (unpaired) electrons. The third kappa shape index (κ3) is 3.01. The van der Waals surface area contributed by atoms with Gasteiger partial charge in [0.1, 0.15) is 0 Å². The van der Waals surface area contributed by atoms with E-state index in [1.165, 1.54) is 63.7 Å². The first kappa shape index (κ1) is 13.1. The molecule has 2 nitrogen and oxygen atoms in total. The quantitative estimate of drug-likeness (QED) is 0.876. The number of likely N-dealkylation sites (tertiary alicyclic amines) is 1. The lowest BCUT2D eigenvalue weighted by molar-refractivity contribution is 0.0348. The van der Waals surface area contributed by atoms with Crippen molar-refractivity contribution in [1.82, 2.24) is 10.2 Å². The van der Waals surface area contributed by atoms with E-state index in [2.05, 4.69) is 40.5 Å². The topological polar surface area (TPSA) is 15.3 Å². The summed E-state index contributed by atoms with van der Waals surface area (Å²) in [6.45, 7) is 4.81. The minimum atomic E-state index is 0.435. The van der Waals surface area contributed by atoms with Crippen LogP contribution in [-0.4, -0.2) is 30.1 Å². The fraction of sp³-hybridized carbons (Fsp3) is 0.647. The standard InChI is InChI=1S/C17H26N2/c1-2-8-16(9-3-1)14-19-13-7-5-11-17(19)10-4-6-12-18-15-17/h1-3,8-9,18H,4-7,10-15H2. The van der Waals surface area contributed by atoms with E-state index in [1.807, 2.05) is 0 Å². The van der Waals surface area contributed by atoms with Crippen molar-refractivity contribution < 1.29 is 0 Å². The molecule has 1 aromatic carbocycles. The molecule has 2 aliphatic heterocycles. The maximum Gasteiger partial charge on any atom is 0.0337 e. The zero-order valence-corrected chi connectivity index (χ0v) is 11.9. The lowest BCUT2D eigenvalue weighted by Crippen LogP contribution is -2.56. The normalized spacial score (nSPS) is 29.3. The van der Waals surface area contributed by atoms with Gasteiger partial charge in [0.05, 0.1) is 0 Å². The highest BCUT2D eigenvalue weighted by Crippen LogP contribution is 2.34. The molecule has 19 heavy (non-hydrogen) atoms. The van der Waals surface area contributed by atoms with Gasteiger partial charge in [-0.2, -0.15) is 0 Å². The predicted molar refractivity (Wildman–Crippen MR) is 80.2 cm³/mol. The summed E-state index contributed by atoms with van der Waals surface area (Å²) in [7, 11) is 0. The van der Waals surface area contributed by atoms with E-state index in [0.29, 0.717) is 5.54 Å². The first-order valence-electron chi connectivity index (χ1n) is 7.89. The molecule has 0 bridgehead atoms. The van der Waals surface area contributed by atoms with Crippen LogP contribution in [0.1, 0.15) is 44.1 Å². The van der Waals surface area contributed by atoms with E-state index in [1.54, 1.807) is 0 Å². The molecule has 2 heteroatoms. The number of nitrogens with one attached hydrogen (secondary N) is 1. The third-order valence-electron chi connectivity index (χ3n) is 4.91. The second-order valence-corrected chi connectivity index (χ2v) is 6.22. The number of piperidine rings is 1. The van der Waals surface area contributed by atoms with Gasteiger partial charge < -0.3 is 5.32 Å². The minimum Gasteiger partial charge on any atom is -0.315 e. The summed E-state index contributed by atoms with van der Waals surface area (Å²) in [4.78, 5) is 2.77. The highest BCUT2D eigenvalue weighted by molar-refractivity contribution is 5.15. The third-order valence-corrected chi connectivity index (χ3v) is 4.91. The maximum atomic E-state index is 3.68. The lowest BCUT2D eigenvalue weighted by atomic mass is 9.82. The molecule has 2 heterocycles. The summed E-state index contributed by atoms with van der Waals surface area (Å²) >= 11 is 0. The molecule has 0 amide bonds. The first-order chi connectivity index (χ1) is 9.39. The second-order valence-electron chi connectivity index (χ2n) is 6.22. The average Bonchev–Trinajstić information content (AvgIpc) is 2.69. The number of hydrogen-bond donors (Lipinski definition) is 1. The zero-order chi connectivity index (χ0) is 13.0. The summed E-state index contributed by atoms with van der Waals surface area (Å²) in [5.74, 6) is 0. The van der Waals surface area contributed by atoms with Gasteiger partial charge >= 0.3 is 0 Å². The minimum absolute atomic E-state index is 0.435. The Bertz CT molecular complexity index is 380. The number of nitrogens with zero attached hydrogens (tertiary/aromatic N) is 1. The Morgan fingerprint density at radius 3 is 2.63 bits per heavy atom. The van der Waals surface area contributed by atoms with Crippen molar-refractivity contribution in [3.05, 3.63) is 35.9 Å². The molecule has 3 rings (SSSR count). The molecule has 104 valence electrons. The predicted octanol–water partition coefficient (Wildman–Crippen LogP) is 3.18. The van der Waals surface area contributed by atoms with Crippen LogP contribution in [-0.2, 0) is 6.54 Å². The van der Waals surface area contributed by atoms with E-state index in [0.717, 1.165) is 6.54 Å². The first-order valence-corrected chi connectivity index (χ1v) is 7.89. The molecule has 0 aliphatic carbocycles. The number of benzene rings is 1. The Hall–Kier alpha value is -0.860. The monoisotopic (exact) mass is 258 g/mol. The van der Waals surface area contributed by atoms with Gasteiger partial charge in [0, 0.05) is 18.6 Å². The van der Waals surface area contributed by atoms with Crippen molar-refractivity contribution >= 4 is 0 Å². The van der Waals surface area contributed by atoms with E-state index < -0.39 is 0 Å². The van der Waals surface area contributed by atoms with Gasteiger partial charge in [0.15, 0.2) is 0 Å². The lowest BCUT2D eigenvalue weighted by Gasteiger charge is -2.47. The molecule has 2 fully saturated rings. The molecule has 1 N–H and O–H groups in total. The zero-order valence-electron chi connectivity index (χ0n) is 11.9. The Labute approximate surface area is 117 Å². The van der Waals surface area contributed by atoms with Crippen LogP contribution in [0.3, 0.4) is 0 Å². The van der Waals surface area contributed by atoms with Crippen molar-refractivity contribution in [1.29, 1.82) is 0 Å². The summed E-state index contributed by atoms with van der Waals surface area (Å²) in [5, 5.41) is 3.68. The number of rotatable bonds is 2. The van der Waals surface area contributed by atoms with Crippen LogP contribution in [0, 0.1) is 0 Å². The SMILES string of the molecule is c1ccc(CN2CCCCC23CCCCNC3)cc1. The van der Waals surface area contributed by atoms with Crippen molar-refractivity contribution in [2.45, 2.75) is 50.6 Å². The molecule has 1 aromatic rings. The van der Waals surface area contributed by atoms with Gasteiger partial charge in [-0.15, -0.1) is 0 Å². The second kappa shape index (κ2) is 6.06. The molecule has 1 spiro atoms. The van der Waals surface area contributed by atoms with Crippen molar-refractivity contribution in [3.63, 3.8) is 0 Å². The average molecular weight is 258 g/mol. The van der Waals surface area contributed by atoms with Crippen LogP contribution in [0.5, 0.6) is 0 Å². The van der Waals surface area contributed by atoms with E-state index in [-0.39, 0.29) is 0 Å². The van der Waals surface area contributed by atoms with Crippen LogP contribution >= 0.6 is 0 Å². The molecule has 1 atom stereocenters. The van der Waals surface area contributed by atoms with Crippen LogP contribution < -0.4 is 5.32 Å². The van der Waals surface area contributed by atoms with Crippen LogP contribution in [0.25, 0.3) is 0 Å². The highest BCUT2D eigenvalue weighted by Gasteiger charge is 2.38. The maximum absolute atomic E-state index is 3.68. The van der Waals surface area contributed by atoms with Crippen molar-refractivity contribution in [2.75, 3.05) is 19.6 Å². The Morgan fingerprint density at radius 1 is 1.00 bits per heavy atom. The largest absolute Gasteiger partial charge is 0.315 e. The summed E-state index contributed by atoms with van der Waals surface area (Å²) in [6, 6.07) is 11.0. The molecule has 2 aliphatic rings. The van der Waals surface area contributed by atoms with Crippen LogP contribution in [0.2, 0.25) is 0 Å². The molecule has 2 saturated heterocycles. The molecule has 0 aromatic heterocycles. The van der Waals surface area contributed by atoms with Gasteiger partial charge in [-0.3, -0.25) is 4.90 Å². The van der Waals surface area contributed by atoms with Gasteiger partial charge in [0.25, 0.3) is 0 Å². The Morgan fingerprint density at radius 2 is 1.79 bits per heavy atom. The summed E-state index contributed by atoms with van der Waals surface area (Å²) < 4.78 is 0. The fourth-order valence-electron chi connectivity index (χ4n) is 3.80. The van der Waals surface area contributed by atoms with Gasteiger partial charge in [-0.25, -0.2) is 0 Å². The molecule has 1 unspecified atom stereocenters. The highest BCUT2D eigenvalue weighted by atomic mass is 15.2. The smallest absolute Gasteiger partial charge is 0.0337 e. The molecular weight excluding hydrogens is 232 g/mol. The van der Waals surface area contributed by atoms with Crippen LogP contribution in [0.15, 0.2) is 30.3 Å². The summed E-state index contributed by atoms with van der Waals surface area (Å²) in [5.41, 5.74) is 1.90. The summed E-state index contributed by atoms with van der Waals surface area (Å²) in [6.07, 6.45) is 8.28. The number of hydrogen-bond acceptors (Lipinski definition) is 2. The van der Waals surface area contributed by atoms with E-state index >= 15 is 0 Å². The van der Waals surface area contributed by atoms with Gasteiger partial charge in [0.2, 0.25) is 0 Å².